The molecule has 0 aliphatic carbocycles. The molecule has 3 nitrogen and oxygen atoms in total. The number of methoxy groups -OCH3 is 1. The molecule has 0 aromatic carbocycles. The third-order valence-corrected chi connectivity index (χ3v) is 3.62. The van der Waals surface area contributed by atoms with Crippen LogP contribution in [-0.4, -0.2) is 18.1 Å². The lowest BCUT2D eigenvalue weighted by Crippen LogP contribution is -2.31. The average molecular weight is 288 g/mol. The predicted molar refractivity (Wildman–Crippen MR) is 57.2 cm³/mol. The summed E-state index contributed by atoms with van der Waals surface area (Å²) < 4.78 is 42.3. The second-order valence-corrected chi connectivity index (χ2v) is 5.34. The number of carbonyl (C=O) groups excluding carboxylic acids is 1. The predicted octanol–water partition coefficient (Wildman–Crippen LogP) is 3.27. The van der Waals surface area contributed by atoms with Crippen molar-refractivity contribution in [3.8, 4) is 0 Å². The number of esters is 1. The second kappa shape index (κ2) is 4.45. The van der Waals surface area contributed by atoms with E-state index in [0.29, 0.717) is 11.3 Å². The Morgan fingerprint density at radius 1 is 1.41 bits per heavy atom. The number of halogens is 4. The summed E-state index contributed by atoms with van der Waals surface area (Å²) in [6, 6.07) is 0. The minimum atomic E-state index is -4.65. The Bertz CT molecular complexity index is 442. The summed E-state index contributed by atoms with van der Waals surface area (Å²) >= 11 is 6.11. The van der Waals surface area contributed by atoms with Gasteiger partial charge in [0.25, 0.3) is 0 Å². The first-order valence-corrected chi connectivity index (χ1v) is 5.62. The van der Waals surface area contributed by atoms with Gasteiger partial charge in [0.05, 0.1) is 17.4 Å². The average Bonchev–Trinajstić information content (AvgIpc) is 2.59. The smallest absolute Gasteiger partial charge is 0.434 e. The van der Waals surface area contributed by atoms with Crippen LogP contribution in [0.5, 0.6) is 0 Å². The number of carbonyl (C=O) groups is 1. The molecule has 1 aromatic heterocycles. The van der Waals surface area contributed by atoms with Crippen LogP contribution in [0.3, 0.4) is 0 Å². The van der Waals surface area contributed by atoms with Crippen molar-refractivity contribution in [3.63, 3.8) is 0 Å². The highest BCUT2D eigenvalue weighted by Gasteiger charge is 2.45. The normalized spacial score (nSPS) is 12.6. The molecule has 1 heterocycles. The Morgan fingerprint density at radius 2 is 1.94 bits per heavy atom. The van der Waals surface area contributed by atoms with Crippen molar-refractivity contribution in [2.45, 2.75) is 25.4 Å². The van der Waals surface area contributed by atoms with Gasteiger partial charge in [-0.2, -0.15) is 13.2 Å². The molecule has 0 N–H and O–H groups in total. The molecule has 0 atom stereocenters. The van der Waals surface area contributed by atoms with Crippen LogP contribution in [0.4, 0.5) is 13.2 Å². The Balaban J connectivity index is 3.36. The van der Waals surface area contributed by atoms with Gasteiger partial charge in [-0.15, -0.1) is 11.3 Å². The lowest BCUT2D eigenvalue weighted by atomic mass is 9.90. The van der Waals surface area contributed by atoms with Gasteiger partial charge in [-0.1, -0.05) is 11.6 Å². The van der Waals surface area contributed by atoms with Gasteiger partial charge >= 0.3 is 12.1 Å². The third kappa shape index (κ3) is 2.71. The SMILES string of the molecule is COC(=O)C(C)(C)c1sc(Cl)nc1C(F)(F)F. The number of rotatable bonds is 2. The molecule has 0 aliphatic heterocycles. The van der Waals surface area contributed by atoms with Gasteiger partial charge in [0.15, 0.2) is 10.2 Å². The molecule has 0 unspecified atom stereocenters. The number of hydrogen-bond acceptors (Lipinski definition) is 4. The van der Waals surface area contributed by atoms with E-state index < -0.39 is 23.3 Å². The Kier molecular flexibility index (Phi) is 3.73. The van der Waals surface area contributed by atoms with Gasteiger partial charge in [-0.3, -0.25) is 4.79 Å². The Morgan fingerprint density at radius 3 is 2.35 bits per heavy atom. The van der Waals surface area contributed by atoms with E-state index in [9.17, 15) is 18.0 Å². The fraction of sp³-hybridized carbons (Fsp3) is 0.556. The van der Waals surface area contributed by atoms with Crippen LogP contribution in [0.2, 0.25) is 4.47 Å². The lowest BCUT2D eigenvalue weighted by molar-refractivity contribution is -0.148. The molecule has 8 heteroatoms. The zero-order valence-electron chi connectivity index (χ0n) is 9.18. The number of alkyl halides is 3. The zero-order valence-corrected chi connectivity index (χ0v) is 10.8. The monoisotopic (exact) mass is 287 g/mol. The molecule has 0 amide bonds. The number of aromatic nitrogens is 1. The molecule has 0 saturated carbocycles. The maximum Gasteiger partial charge on any atom is 0.434 e. The molecule has 0 bridgehead atoms. The molecule has 1 aromatic rings. The first-order chi connectivity index (χ1) is 7.60. The zero-order chi connectivity index (χ0) is 13.4. The van der Waals surface area contributed by atoms with Gasteiger partial charge in [-0.25, -0.2) is 4.98 Å². The Labute approximate surface area is 105 Å². The lowest BCUT2D eigenvalue weighted by Gasteiger charge is -2.21. The quantitative estimate of drug-likeness (QED) is 0.784. The van der Waals surface area contributed by atoms with Crippen molar-refractivity contribution < 1.29 is 22.7 Å². The van der Waals surface area contributed by atoms with E-state index in [-0.39, 0.29) is 9.34 Å². The van der Waals surface area contributed by atoms with Crippen LogP contribution in [-0.2, 0) is 21.1 Å². The van der Waals surface area contributed by atoms with Crippen molar-refractivity contribution >= 4 is 28.9 Å². The Hall–Kier alpha value is -0.820. The highest BCUT2D eigenvalue weighted by atomic mass is 35.5. The second-order valence-electron chi connectivity index (χ2n) is 3.76. The fourth-order valence-corrected chi connectivity index (χ4v) is 2.48. The molecule has 0 saturated heterocycles. The van der Waals surface area contributed by atoms with Crippen LogP contribution in [0, 0.1) is 0 Å². The van der Waals surface area contributed by atoms with Crippen molar-refractivity contribution in [2.75, 3.05) is 7.11 Å². The maximum absolute atomic E-state index is 12.7. The molecule has 0 spiro atoms. The minimum absolute atomic E-state index is 0.248. The molecule has 0 radical (unpaired) electrons. The molecule has 1 rings (SSSR count). The van der Waals surface area contributed by atoms with E-state index >= 15 is 0 Å². The van der Waals surface area contributed by atoms with Crippen LogP contribution in [0.1, 0.15) is 24.4 Å². The molecule has 0 fully saturated rings. The van der Waals surface area contributed by atoms with Crippen molar-refractivity contribution in [2.24, 2.45) is 0 Å². The standard InChI is InChI=1S/C9H9ClF3NO2S/c1-8(2,6(15)16-3)5-4(9(11,12)13)14-7(10)17-5/h1-3H3. The van der Waals surface area contributed by atoms with Crippen LogP contribution in [0.15, 0.2) is 0 Å². The summed E-state index contributed by atoms with van der Waals surface area (Å²) in [5, 5.41) is 0. The highest BCUT2D eigenvalue weighted by Crippen LogP contribution is 2.42. The molecule has 0 aliphatic rings. The molecule has 96 valence electrons. The molecular formula is C9H9ClF3NO2S. The van der Waals surface area contributed by atoms with Gasteiger partial charge in [0, 0.05) is 0 Å². The van der Waals surface area contributed by atoms with Crippen molar-refractivity contribution in [1.29, 1.82) is 0 Å². The summed E-state index contributed by atoms with van der Waals surface area (Å²) in [7, 11) is 1.11. The summed E-state index contributed by atoms with van der Waals surface area (Å²) in [5.41, 5.74) is -2.58. The van der Waals surface area contributed by atoms with E-state index in [1.165, 1.54) is 13.8 Å². The third-order valence-electron chi connectivity index (χ3n) is 2.13. The summed E-state index contributed by atoms with van der Waals surface area (Å²) in [6.07, 6.45) is -4.65. The molecular weight excluding hydrogens is 279 g/mol. The summed E-state index contributed by atoms with van der Waals surface area (Å²) in [5.74, 6) is -0.775. The van der Waals surface area contributed by atoms with E-state index in [1.54, 1.807) is 0 Å². The van der Waals surface area contributed by atoms with Gasteiger partial charge in [0.2, 0.25) is 0 Å². The van der Waals surface area contributed by atoms with E-state index in [1.807, 2.05) is 0 Å². The topological polar surface area (TPSA) is 39.2 Å². The first kappa shape index (κ1) is 14.2. The van der Waals surface area contributed by atoms with E-state index in [4.69, 9.17) is 11.6 Å². The maximum atomic E-state index is 12.7. The van der Waals surface area contributed by atoms with Crippen LogP contribution >= 0.6 is 22.9 Å². The number of nitrogens with zero attached hydrogens (tertiary/aromatic N) is 1. The van der Waals surface area contributed by atoms with Gasteiger partial charge in [-0.05, 0) is 13.8 Å². The number of thiazole rings is 1. The number of hydrogen-bond donors (Lipinski definition) is 0. The fourth-order valence-electron chi connectivity index (χ4n) is 1.26. The van der Waals surface area contributed by atoms with Crippen LogP contribution in [0.25, 0.3) is 0 Å². The summed E-state index contributed by atoms with van der Waals surface area (Å²) in [6.45, 7) is 2.66. The van der Waals surface area contributed by atoms with Crippen molar-refractivity contribution in [3.05, 3.63) is 15.0 Å². The van der Waals surface area contributed by atoms with Gasteiger partial charge < -0.3 is 4.74 Å². The first-order valence-electron chi connectivity index (χ1n) is 4.43. The van der Waals surface area contributed by atoms with Crippen LogP contribution < -0.4 is 0 Å². The largest absolute Gasteiger partial charge is 0.468 e. The van der Waals surface area contributed by atoms with E-state index in [2.05, 4.69) is 9.72 Å². The minimum Gasteiger partial charge on any atom is -0.468 e. The number of ether oxygens (including phenoxy) is 1. The van der Waals surface area contributed by atoms with Gasteiger partial charge in [0.1, 0.15) is 0 Å². The summed E-state index contributed by atoms with van der Waals surface area (Å²) in [4.78, 5) is 14.4. The van der Waals surface area contributed by atoms with E-state index in [0.717, 1.165) is 7.11 Å². The van der Waals surface area contributed by atoms with Crippen molar-refractivity contribution in [1.82, 2.24) is 4.98 Å². The molecule has 17 heavy (non-hydrogen) atoms. The highest BCUT2D eigenvalue weighted by molar-refractivity contribution is 7.16.